The minimum absolute atomic E-state index is 0.279. The van der Waals surface area contributed by atoms with Crippen LogP contribution in [-0.4, -0.2) is 33.0 Å². The van der Waals surface area contributed by atoms with Crippen LogP contribution in [0.2, 0.25) is 0 Å². The highest BCUT2D eigenvalue weighted by atomic mass is 32.2. The number of benzene rings is 1. The minimum Gasteiger partial charge on any atom is -0.317 e. The summed E-state index contributed by atoms with van der Waals surface area (Å²) < 4.78 is 24.1. The first-order valence-corrected chi connectivity index (χ1v) is 8.43. The molecule has 0 amide bonds. The zero-order valence-corrected chi connectivity index (χ0v) is 11.5. The van der Waals surface area contributed by atoms with Crippen molar-refractivity contribution in [1.82, 2.24) is 5.32 Å². The molecule has 0 radical (unpaired) electrons. The van der Waals surface area contributed by atoms with Gasteiger partial charge in [-0.1, -0.05) is 30.3 Å². The van der Waals surface area contributed by atoms with Crippen LogP contribution in [-0.2, 0) is 16.3 Å². The van der Waals surface area contributed by atoms with Crippen LogP contribution in [0, 0.1) is 5.92 Å². The molecule has 1 heterocycles. The van der Waals surface area contributed by atoms with Crippen LogP contribution >= 0.6 is 0 Å². The fourth-order valence-electron chi connectivity index (χ4n) is 2.41. The van der Waals surface area contributed by atoms with Crippen LogP contribution < -0.4 is 5.32 Å². The van der Waals surface area contributed by atoms with Gasteiger partial charge in [-0.25, -0.2) is 8.42 Å². The van der Waals surface area contributed by atoms with Gasteiger partial charge in [-0.2, -0.15) is 0 Å². The van der Waals surface area contributed by atoms with E-state index >= 15 is 0 Å². The predicted octanol–water partition coefficient (Wildman–Crippen LogP) is 1.64. The molecule has 0 atom stereocenters. The van der Waals surface area contributed by atoms with E-state index in [1.165, 1.54) is 0 Å². The smallest absolute Gasteiger partial charge is 0.150 e. The molecule has 0 unspecified atom stereocenters. The summed E-state index contributed by atoms with van der Waals surface area (Å²) >= 11 is 0. The normalized spacial score (nSPS) is 17.8. The Labute approximate surface area is 110 Å². The highest BCUT2D eigenvalue weighted by molar-refractivity contribution is 7.91. The van der Waals surface area contributed by atoms with Gasteiger partial charge < -0.3 is 5.32 Å². The molecule has 1 aromatic carbocycles. The molecule has 1 saturated heterocycles. The first-order valence-electron chi connectivity index (χ1n) is 6.61. The Kier molecular flexibility index (Phi) is 4.78. The molecule has 2 rings (SSSR count). The van der Waals surface area contributed by atoms with Gasteiger partial charge in [0.25, 0.3) is 0 Å². The highest BCUT2D eigenvalue weighted by Gasteiger charge is 2.20. The second-order valence-corrected chi connectivity index (χ2v) is 7.27. The van der Waals surface area contributed by atoms with Crippen molar-refractivity contribution in [3.05, 3.63) is 35.9 Å². The van der Waals surface area contributed by atoms with E-state index in [0.29, 0.717) is 18.1 Å². The molecule has 1 fully saturated rings. The average Bonchev–Trinajstić information content (AvgIpc) is 2.38. The van der Waals surface area contributed by atoms with Crippen LogP contribution in [0.5, 0.6) is 0 Å². The van der Waals surface area contributed by atoms with E-state index in [0.717, 1.165) is 31.5 Å². The molecule has 0 saturated carbocycles. The van der Waals surface area contributed by atoms with Crippen LogP contribution in [0.1, 0.15) is 18.4 Å². The number of sulfone groups is 1. The van der Waals surface area contributed by atoms with Gasteiger partial charge in [0.2, 0.25) is 0 Å². The molecule has 100 valence electrons. The van der Waals surface area contributed by atoms with Crippen molar-refractivity contribution in [3.63, 3.8) is 0 Å². The monoisotopic (exact) mass is 267 g/mol. The van der Waals surface area contributed by atoms with E-state index in [2.05, 4.69) is 5.32 Å². The number of rotatable bonds is 5. The van der Waals surface area contributed by atoms with Gasteiger partial charge in [0.05, 0.1) is 11.5 Å². The Morgan fingerprint density at radius 2 is 1.78 bits per heavy atom. The molecule has 1 aliphatic rings. The molecular weight excluding hydrogens is 246 g/mol. The summed E-state index contributed by atoms with van der Waals surface area (Å²) in [6.45, 7) is 1.91. The molecule has 0 spiro atoms. The summed E-state index contributed by atoms with van der Waals surface area (Å²) in [6.07, 6.45) is 2.61. The molecule has 18 heavy (non-hydrogen) atoms. The van der Waals surface area contributed by atoms with Crippen molar-refractivity contribution in [2.75, 3.05) is 24.6 Å². The molecule has 0 bridgehead atoms. The maximum absolute atomic E-state index is 12.1. The fraction of sp³-hybridized carbons (Fsp3) is 0.571. The van der Waals surface area contributed by atoms with E-state index in [4.69, 9.17) is 0 Å². The Morgan fingerprint density at radius 1 is 1.11 bits per heavy atom. The number of piperidine rings is 1. The lowest BCUT2D eigenvalue weighted by molar-refractivity contribution is 0.401. The van der Waals surface area contributed by atoms with Crippen molar-refractivity contribution in [2.45, 2.75) is 19.3 Å². The molecule has 1 aromatic rings. The molecule has 4 heteroatoms. The maximum atomic E-state index is 12.1. The second kappa shape index (κ2) is 6.34. The van der Waals surface area contributed by atoms with Crippen LogP contribution in [0.15, 0.2) is 30.3 Å². The third-order valence-electron chi connectivity index (χ3n) is 3.49. The molecule has 0 aliphatic carbocycles. The van der Waals surface area contributed by atoms with Gasteiger partial charge in [0.15, 0.2) is 9.84 Å². The van der Waals surface area contributed by atoms with Crippen LogP contribution in [0.25, 0.3) is 0 Å². The average molecular weight is 267 g/mol. The lowest BCUT2D eigenvalue weighted by Gasteiger charge is -2.22. The number of hydrogen-bond acceptors (Lipinski definition) is 3. The summed E-state index contributed by atoms with van der Waals surface area (Å²) in [5, 5.41) is 3.26. The Hall–Kier alpha value is -0.870. The fourth-order valence-corrected chi connectivity index (χ4v) is 4.17. The minimum atomic E-state index is -2.91. The van der Waals surface area contributed by atoms with Crippen LogP contribution in [0.4, 0.5) is 0 Å². The van der Waals surface area contributed by atoms with Gasteiger partial charge in [-0.05, 0) is 43.8 Å². The van der Waals surface area contributed by atoms with Crippen molar-refractivity contribution in [3.8, 4) is 0 Å². The van der Waals surface area contributed by atoms with Crippen molar-refractivity contribution in [1.29, 1.82) is 0 Å². The zero-order valence-electron chi connectivity index (χ0n) is 10.6. The third-order valence-corrected chi connectivity index (χ3v) is 5.30. The van der Waals surface area contributed by atoms with Crippen LogP contribution in [0.3, 0.4) is 0 Å². The Bertz CT molecular complexity index is 450. The molecular formula is C14H21NO2S. The van der Waals surface area contributed by atoms with E-state index < -0.39 is 9.84 Å². The summed E-state index contributed by atoms with van der Waals surface area (Å²) in [7, 11) is -2.91. The molecule has 1 aliphatic heterocycles. The van der Waals surface area contributed by atoms with Gasteiger partial charge in [0.1, 0.15) is 0 Å². The Morgan fingerprint density at radius 3 is 2.44 bits per heavy atom. The lowest BCUT2D eigenvalue weighted by atomic mass is 10.0. The first kappa shape index (κ1) is 13.6. The topological polar surface area (TPSA) is 46.2 Å². The van der Waals surface area contributed by atoms with E-state index in [1.54, 1.807) is 0 Å². The van der Waals surface area contributed by atoms with Crippen molar-refractivity contribution < 1.29 is 8.42 Å². The van der Waals surface area contributed by atoms with Gasteiger partial charge in [0, 0.05) is 0 Å². The first-order chi connectivity index (χ1) is 8.66. The summed E-state index contributed by atoms with van der Waals surface area (Å²) in [5.74, 6) is 0.995. The molecule has 0 aromatic heterocycles. The summed E-state index contributed by atoms with van der Waals surface area (Å²) in [6, 6.07) is 9.83. The standard InChI is InChI=1S/C14H21NO2S/c16-18(17,12-14-6-9-15-10-7-14)11-8-13-4-2-1-3-5-13/h1-5,14-15H,6-12H2. The largest absolute Gasteiger partial charge is 0.317 e. The van der Waals surface area contributed by atoms with E-state index in [-0.39, 0.29) is 5.75 Å². The SMILES string of the molecule is O=S(=O)(CCc1ccccc1)CC1CCNCC1. The van der Waals surface area contributed by atoms with Gasteiger partial charge >= 0.3 is 0 Å². The van der Waals surface area contributed by atoms with Crippen molar-refractivity contribution >= 4 is 9.84 Å². The maximum Gasteiger partial charge on any atom is 0.150 e. The summed E-state index contributed by atoms with van der Waals surface area (Å²) in [4.78, 5) is 0. The molecule has 3 nitrogen and oxygen atoms in total. The van der Waals surface area contributed by atoms with Crippen molar-refractivity contribution in [2.24, 2.45) is 5.92 Å². The molecule has 1 N–H and O–H groups in total. The van der Waals surface area contributed by atoms with E-state index in [9.17, 15) is 8.42 Å². The lowest BCUT2D eigenvalue weighted by Crippen LogP contribution is -2.32. The third kappa shape index (κ3) is 4.42. The summed E-state index contributed by atoms with van der Waals surface area (Å²) in [5.41, 5.74) is 1.10. The number of aryl methyl sites for hydroxylation is 1. The second-order valence-electron chi connectivity index (χ2n) is 5.04. The quantitative estimate of drug-likeness (QED) is 0.882. The highest BCUT2D eigenvalue weighted by Crippen LogP contribution is 2.15. The van der Waals surface area contributed by atoms with Gasteiger partial charge in [-0.15, -0.1) is 0 Å². The van der Waals surface area contributed by atoms with Gasteiger partial charge in [-0.3, -0.25) is 0 Å². The van der Waals surface area contributed by atoms with E-state index in [1.807, 2.05) is 30.3 Å². The zero-order chi connectivity index (χ0) is 12.8. The number of hydrogen-bond donors (Lipinski definition) is 1. The predicted molar refractivity (Wildman–Crippen MR) is 74.4 cm³/mol. The Balaban J connectivity index is 1.83. The number of nitrogens with one attached hydrogen (secondary N) is 1.